The fourth-order valence-electron chi connectivity index (χ4n) is 9.67. The summed E-state index contributed by atoms with van der Waals surface area (Å²) < 4.78 is 33.5. The number of aromatic carboxylic acids is 1. The van der Waals surface area contributed by atoms with Gasteiger partial charge in [-0.2, -0.15) is 30.2 Å². The summed E-state index contributed by atoms with van der Waals surface area (Å²) in [5.74, 6) is 0.320. The van der Waals surface area contributed by atoms with Gasteiger partial charge in [0, 0.05) is 89.6 Å². The standard InChI is InChI=1S/C16H20N4O3.C13H13N3O3.C12H11N3O3.C7H6O4.C6H7N3O2.2C6H9N3.C3H3N3O2.CH3.Pd.H2/c1-11(2)10-23-16(22)17-13-4-3-8-19(15(13)21)14-7-9-20(18-14)12-5-6-12;1-19-13(18)10-3-2-7-15(12(10)17)11-6-8-16(14-11)9-4-5-9;16-11-9(12(17)18)2-1-6-14(11)10-5-7-15(13-10)8-3-4-8;1-10-6(8)5-3-2-4-11-7(5)9;10-9(11)6-3-4-8(7-6)5-1-2-5;2*7-6-3-4-9(8-6)5-1-2-5;7-6(8)3-1-2-4-5-3;;;/h3-4,7-9,11-12H,5-6,10H2,1-2H3,(H,17,22);2-3,6-9H,4-5H2,1H3;1-2,5-8H,3-4H2,(H,17,18);2-4H,1H3;3-5H,1-2H2;2*3-5H,1-2H2,(H2,7,8);1-2H,(H,4,5);1H3;;1H/q;;;;;;;;-1;;. The molecule has 6 fully saturated rings. The third-order valence-corrected chi connectivity index (χ3v) is 16.2. The number of carbonyl (C=O) groups excluding carboxylic acids is 3. The van der Waals surface area contributed by atoms with Gasteiger partial charge in [-0.15, -0.1) is 5.10 Å². The van der Waals surface area contributed by atoms with Gasteiger partial charge in [-0.25, -0.2) is 24.0 Å². The van der Waals surface area contributed by atoms with Crippen molar-refractivity contribution in [2.24, 2.45) is 5.92 Å². The van der Waals surface area contributed by atoms with Crippen LogP contribution in [0.2, 0.25) is 0 Å². The van der Waals surface area contributed by atoms with Crippen LogP contribution in [0.3, 0.4) is 0 Å². The van der Waals surface area contributed by atoms with Crippen LogP contribution in [0.4, 0.5) is 33.8 Å². The molecule has 6 aliphatic rings. The fraction of sp³-hybridized carbons (Fsp3) is 0.343. The van der Waals surface area contributed by atoms with Gasteiger partial charge in [0.05, 0.1) is 93.0 Å². The normalized spacial score (nSPS) is 14.0. The second kappa shape index (κ2) is 38.5. The average Bonchev–Trinajstić information content (AvgIpc) is 1.67. The third kappa shape index (κ3) is 23.8. The molecular weight excluding hydrogens is 1530 g/mol. The number of carboxylic acid groups (broad SMARTS) is 1. The Balaban J connectivity index is 0.000000180. The number of esters is 2. The molecule has 0 bridgehead atoms. The van der Waals surface area contributed by atoms with Crippen molar-refractivity contribution in [2.75, 3.05) is 37.6 Å². The summed E-state index contributed by atoms with van der Waals surface area (Å²) in [5, 5.41) is 61.9. The average molecular weight is 1610 g/mol. The van der Waals surface area contributed by atoms with Crippen LogP contribution in [0.25, 0.3) is 17.5 Å². The summed E-state index contributed by atoms with van der Waals surface area (Å²) in [6.45, 7) is 4.19. The third-order valence-electron chi connectivity index (χ3n) is 16.2. The number of nitrogens with two attached hydrogens (primary N) is 2. The van der Waals surface area contributed by atoms with Crippen molar-refractivity contribution in [3.63, 3.8) is 0 Å². The van der Waals surface area contributed by atoms with Crippen LogP contribution in [-0.2, 0) is 34.6 Å². The van der Waals surface area contributed by atoms with Crippen LogP contribution in [0.1, 0.15) is 160 Å². The van der Waals surface area contributed by atoms with Gasteiger partial charge >= 0.3 is 41.3 Å². The molecule has 39 nitrogen and oxygen atoms in total. The Kier molecular flexibility index (Phi) is 28.9. The maximum Gasteiger partial charge on any atom is 0.411 e. The molecule has 17 rings (SSSR count). The summed E-state index contributed by atoms with van der Waals surface area (Å²) in [6, 6.07) is 26.6. The summed E-state index contributed by atoms with van der Waals surface area (Å²) in [6.07, 6.45) is 31.7. The van der Waals surface area contributed by atoms with Gasteiger partial charge in [-0.3, -0.25) is 56.8 Å². The molecule has 6 aliphatic carbocycles. The number of pyridine rings is 3. The molecule has 0 saturated heterocycles. The molecule has 0 aliphatic heterocycles. The number of H-pyrrole nitrogens is 1. The second-order valence-corrected chi connectivity index (χ2v) is 25.4. The number of rotatable bonds is 17. The zero-order valence-electron chi connectivity index (χ0n) is 60.2. The number of nitro groups is 2. The van der Waals surface area contributed by atoms with Crippen molar-refractivity contribution in [3.05, 3.63) is 245 Å². The minimum absolute atomic E-state index is 0. The predicted molar refractivity (Wildman–Crippen MR) is 393 cm³/mol. The number of hydrogen-bond donors (Lipinski definition) is 5. The molecule has 0 radical (unpaired) electrons. The van der Waals surface area contributed by atoms with Crippen molar-refractivity contribution < 1.29 is 74.6 Å². The van der Waals surface area contributed by atoms with E-state index in [4.69, 9.17) is 21.3 Å². The number of nitrogens with zero attached hydrogens (tertiary/aromatic N) is 18. The predicted octanol–water partition coefficient (Wildman–Crippen LogP) is 8.96. The summed E-state index contributed by atoms with van der Waals surface area (Å²) in [7, 11) is 2.45. The van der Waals surface area contributed by atoms with Gasteiger partial charge in [0.1, 0.15) is 34.0 Å². The Labute approximate surface area is 640 Å². The number of hydrogen-bond acceptors (Lipinski definition) is 25. The Morgan fingerprint density at radius 1 is 0.545 bits per heavy atom. The number of aromatic amines is 1. The number of nitrogen functional groups attached to an aromatic ring is 2. The van der Waals surface area contributed by atoms with E-state index in [1.807, 2.05) is 80.4 Å². The van der Waals surface area contributed by atoms with E-state index in [1.54, 1.807) is 59.7 Å². The van der Waals surface area contributed by atoms with Gasteiger partial charge in [-0.1, -0.05) is 18.9 Å². The summed E-state index contributed by atoms with van der Waals surface area (Å²) >= 11 is 0. The number of carboxylic acids is 1. The number of methoxy groups -OCH3 is 2. The quantitative estimate of drug-likeness (QED) is 0.0142. The number of anilines is 3. The first kappa shape index (κ1) is 82.7. The number of amides is 1. The molecular formula is C70H83N22O17Pd-. The first-order chi connectivity index (χ1) is 52.0. The van der Waals surface area contributed by atoms with E-state index in [0.717, 1.165) is 51.4 Å². The Hall–Kier alpha value is -13.0. The van der Waals surface area contributed by atoms with Crippen LogP contribution in [0.15, 0.2) is 183 Å². The SMILES string of the molecule is CC(C)COC(=O)Nc1cccn(-c2ccn(C3CC3)n2)c1=O.COC(=O)c1cccn(-c2ccn(C3CC3)n2)c1=O.COC(=O)c1cccoc1=O.Nc1ccn(C2CC2)n1.Nc1ccn(C2CC2)n1.O=C(O)c1cccn(-c2ccn(C3CC3)n2)c1=O.O=[N+]([O-])c1ccn(C2CC2)n1.O=[N+]([O-])c1ccn[nH]1.[CH3-].[HH].[Pd]. The smallest absolute Gasteiger partial charge is 0.411 e. The maximum absolute atomic E-state index is 12.5. The van der Waals surface area contributed by atoms with Crippen molar-refractivity contribution >= 4 is 53.0 Å². The Morgan fingerprint density at radius 2 is 0.936 bits per heavy atom. The van der Waals surface area contributed by atoms with Crippen LogP contribution >= 0.6 is 0 Å². The van der Waals surface area contributed by atoms with E-state index in [9.17, 15) is 58.6 Å². The largest absolute Gasteiger partial charge is 0.477 e. The molecule has 11 aromatic heterocycles. The van der Waals surface area contributed by atoms with E-state index in [1.165, 1.54) is 115 Å². The number of carbonyl (C=O) groups is 4. The zero-order chi connectivity index (χ0) is 77.1. The molecule has 586 valence electrons. The molecule has 11 heterocycles. The van der Waals surface area contributed by atoms with Gasteiger partial charge in [-0.05, 0) is 153 Å². The number of nitrogens with one attached hydrogen (secondary N) is 2. The van der Waals surface area contributed by atoms with Crippen LogP contribution in [0.5, 0.6) is 0 Å². The zero-order valence-corrected chi connectivity index (χ0v) is 61.8. The molecule has 110 heavy (non-hydrogen) atoms. The summed E-state index contributed by atoms with van der Waals surface area (Å²) in [5.41, 5.74) is 8.66. The Morgan fingerprint density at radius 3 is 1.30 bits per heavy atom. The van der Waals surface area contributed by atoms with Gasteiger partial charge in [0.2, 0.25) is 0 Å². The van der Waals surface area contributed by atoms with E-state index in [0.29, 0.717) is 71.9 Å². The van der Waals surface area contributed by atoms with Crippen LogP contribution in [0, 0.1) is 33.6 Å². The minimum Gasteiger partial charge on any atom is -0.477 e. The molecule has 40 heteroatoms. The molecule has 0 aromatic carbocycles. The van der Waals surface area contributed by atoms with E-state index < -0.39 is 50.6 Å². The minimum atomic E-state index is -1.23. The molecule has 0 spiro atoms. The molecule has 6 saturated carbocycles. The molecule has 0 unspecified atom stereocenters. The van der Waals surface area contributed by atoms with Gasteiger partial charge in [0.25, 0.3) is 16.7 Å². The number of aromatic nitrogens is 17. The fourth-order valence-corrected chi connectivity index (χ4v) is 9.67. The van der Waals surface area contributed by atoms with Crippen LogP contribution < -0.4 is 39.1 Å². The maximum atomic E-state index is 12.5. The first-order valence-electron chi connectivity index (χ1n) is 34.1. The van der Waals surface area contributed by atoms with E-state index in [-0.39, 0.29) is 74.8 Å². The van der Waals surface area contributed by atoms with Crippen molar-refractivity contribution in [1.29, 1.82) is 0 Å². The Bertz CT molecular complexity index is 5110. The van der Waals surface area contributed by atoms with E-state index >= 15 is 0 Å². The van der Waals surface area contributed by atoms with Crippen molar-refractivity contribution in [3.8, 4) is 17.5 Å². The van der Waals surface area contributed by atoms with Crippen molar-refractivity contribution in [2.45, 2.75) is 127 Å². The first-order valence-corrected chi connectivity index (χ1v) is 34.1. The summed E-state index contributed by atoms with van der Waals surface area (Å²) in [4.78, 5) is 111. The molecule has 0 atom stereocenters. The van der Waals surface area contributed by atoms with Crippen molar-refractivity contribution in [1.82, 2.24) is 82.6 Å². The topological polar surface area (TPSA) is 498 Å². The second-order valence-electron chi connectivity index (χ2n) is 25.4. The van der Waals surface area contributed by atoms with E-state index in [2.05, 4.69) is 60.0 Å². The monoisotopic (exact) mass is 1610 g/mol. The molecule has 11 aromatic rings. The van der Waals surface area contributed by atoms with Gasteiger partial charge in [0.15, 0.2) is 17.5 Å². The molecule has 1 amide bonds. The van der Waals surface area contributed by atoms with Crippen LogP contribution in [-0.4, -0.2) is 142 Å². The van der Waals surface area contributed by atoms with Gasteiger partial charge < -0.3 is 62.9 Å². The number of ether oxygens (including phenoxy) is 3. The molecule has 7 N–H and O–H groups in total.